The molecular weight excluding hydrogens is 559 g/mol. The summed E-state index contributed by atoms with van der Waals surface area (Å²) in [5.74, 6) is -0.222. The first kappa shape index (κ1) is 25.5. The molecular formula is C28H26BrFN2O4S. The quantitative estimate of drug-likeness (QED) is 0.231. The molecule has 0 unspecified atom stereocenters. The number of nitrogens with one attached hydrogen (secondary N) is 2. The molecule has 1 saturated carbocycles. The first-order valence-electron chi connectivity index (χ1n) is 12.1. The molecule has 4 aromatic rings. The fourth-order valence-electron chi connectivity index (χ4n) is 4.47. The van der Waals surface area contributed by atoms with Gasteiger partial charge in [-0.3, -0.25) is 9.52 Å². The van der Waals surface area contributed by atoms with Crippen LogP contribution in [0, 0.1) is 5.82 Å². The number of fused-ring (bicyclic) bond motifs is 1. The second-order valence-electron chi connectivity index (χ2n) is 9.25. The largest absolute Gasteiger partial charge is 0.455 e. The lowest BCUT2D eigenvalue weighted by Gasteiger charge is -2.13. The molecule has 6 nitrogen and oxygen atoms in total. The molecule has 1 aliphatic carbocycles. The monoisotopic (exact) mass is 584 g/mol. The predicted molar refractivity (Wildman–Crippen MR) is 147 cm³/mol. The summed E-state index contributed by atoms with van der Waals surface area (Å²) in [6.07, 6.45) is 3.02. The van der Waals surface area contributed by atoms with Crippen LogP contribution in [0.3, 0.4) is 0 Å². The summed E-state index contributed by atoms with van der Waals surface area (Å²) < 4.78 is 49.4. The summed E-state index contributed by atoms with van der Waals surface area (Å²) in [5, 5.41) is 3.25. The summed E-state index contributed by atoms with van der Waals surface area (Å²) in [6.45, 7) is 0. The van der Waals surface area contributed by atoms with Gasteiger partial charge in [-0.25, -0.2) is 12.8 Å². The van der Waals surface area contributed by atoms with E-state index in [0.717, 1.165) is 28.4 Å². The van der Waals surface area contributed by atoms with Gasteiger partial charge < -0.3 is 9.73 Å². The Hall–Kier alpha value is -3.17. The number of hydrogen-bond acceptors (Lipinski definition) is 4. The molecule has 1 amide bonds. The topological polar surface area (TPSA) is 88.4 Å². The zero-order valence-corrected chi connectivity index (χ0v) is 22.6. The van der Waals surface area contributed by atoms with Gasteiger partial charge in [-0.1, -0.05) is 28.1 Å². The Labute approximate surface area is 223 Å². The predicted octanol–water partition coefficient (Wildman–Crippen LogP) is 6.61. The molecule has 0 saturated heterocycles. The molecule has 0 aliphatic heterocycles. The van der Waals surface area contributed by atoms with Crippen molar-refractivity contribution in [3.05, 3.63) is 87.6 Å². The van der Waals surface area contributed by atoms with Gasteiger partial charge in [-0.2, -0.15) is 0 Å². The highest BCUT2D eigenvalue weighted by atomic mass is 79.9. The number of benzene rings is 3. The fraction of sp³-hybridized carbons (Fsp3) is 0.250. The Morgan fingerprint density at radius 3 is 2.43 bits per heavy atom. The Morgan fingerprint density at radius 1 is 1.08 bits per heavy atom. The SMILES string of the molecule is CNC(=O)c1c(-c2ccc(F)cc2)oc2cc(NS(=O)(=O)CCCc3ccc(Br)cc3)c(C3CC3)cc12. The van der Waals surface area contributed by atoms with Gasteiger partial charge in [0.1, 0.15) is 17.2 Å². The van der Waals surface area contributed by atoms with Crippen molar-refractivity contribution in [1.82, 2.24) is 5.32 Å². The molecule has 0 radical (unpaired) electrons. The Morgan fingerprint density at radius 2 is 1.78 bits per heavy atom. The molecule has 9 heteroatoms. The van der Waals surface area contributed by atoms with Crippen LogP contribution < -0.4 is 10.0 Å². The first-order valence-corrected chi connectivity index (χ1v) is 14.5. The van der Waals surface area contributed by atoms with E-state index in [4.69, 9.17) is 4.42 Å². The molecule has 37 heavy (non-hydrogen) atoms. The number of furan rings is 1. The molecule has 192 valence electrons. The van der Waals surface area contributed by atoms with Crippen LogP contribution in [0.5, 0.6) is 0 Å². The van der Waals surface area contributed by atoms with Crippen molar-refractivity contribution in [2.24, 2.45) is 0 Å². The molecule has 1 heterocycles. The van der Waals surface area contributed by atoms with Crippen LogP contribution in [0.1, 0.15) is 46.7 Å². The maximum absolute atomic E-state index is 13.5. The zero-order chi connectivity index (χ0) is 26.2. The number of hydrogen-bond donors (Lipinski definition) is 2. The highest BCUT2D eigenvalue weighted by molar-refractivity contribution is 9.10. The highest BCUT2D eigenvalue weighted by Gasteiger charge is 2.30. The maximum Gasteiger partial charge on any atom is 0.255 e. The van der Waals surface area contributed by atoms with E-state index < -0.39 is 15.8 Å². The Bertz CT molecular complexity index is 1560. The van der Waals surface area contributed by atoms with E-state index in [1.54, 1.807) is 18.2 Å². The van der Waals surface area contributed by atoms with E-state index in [-0.39, 0.29) is 17.6 Å². The summed E-state index contributed by atoms with van der Waals surface area (Å²) >= 11 is 3.41. The third kappa shape index (κ3) is 5.72. The summed E-state index contributed by atoms with van der Waals surface area (Å²) in [7, 11) is -2.08. The molecule has 5 rings (SSSR count). The van der Waals surface area contributed by atoms with Crippen molar-refractivity contribution in [2.45, 2.75) is 31.6 Å². The van der Waals surface area contributed by atoms with Crippen molar-refractivity contribution < 1.29 is 22.0 Å². The Kier molecular flexibility index (Phi) is 7.09. The van der Waals surface area contributed by atoms with E-state index in [9.17, 15) is 17.6 Å². The minimum absolute atomic E-state index is 0.0202. The summed E-state index contributed by atoms with van der Waals surface area (Å²) in [6, 6.07) is 17.1. The number of anilines is 1. The average Bonchev–Trinajstić information content (AvgIpc) is 3.65. The van der Waals surface area contributed by atoms with Crippen LogP contribution in [0.2, 0.25) is 0 Å². The van der Waals surface area contributed by atoms with E-state index in [1.165, 1.54) is 19.2 Å². The minimum atomic E-state index is -3.61. The standard InChI is InChI=1S/C28H26BrFN2O4S/c1-31-28(33)26-23-15-22(18-6-7-18)24(16-25(23)36-27(26)19-8-12-21(30)13-9-19)32-37(34,35)14-2-3-17-4-10-20(29)11-5-17/h4-5,8-13,15-16,18,32H,2-3,6-7,14H2,1H3,(H,31,33). The lowest BCUT2D eigenvalue weighted by Crippen LogP contribution is -2.19. The van der Waals surface area contributed by atoms with Gasteiger partial charge in [0.25, 0.3) is 5.91 Å². The molecule has 0 bridgehead atoms. The lowest BCUT2D eigenvalue weighted by molar-refractivity contribution is 0.0964. The third-order valence-electron chi connectivity index (χ3n) is 6.50. The third-order valence-corrected chi connectivity index (χ3v) is 8.38. The van der Waals surface area contributed by atoms with Crippen molar-refractivity contribution in [1.29, 1.82) is 0 Å². The van der Waals surface area contributed by atoms with E-state index >= 15 is 0 Å². The summed E-state index contributed by atoms with van der Waals surface area (Å²) in [5.41, 5.74) is 3.68. The number of carbonyl (C=O) groups excluding carboxylic acids is 1. The van der Waals surface area contributed by atoms with Gasteiger partial charge in [0.05, 0.1) is 17.0 Å². The van der Waals surface area contributed by atoms with Crippen molar-refractivity contribution >= 4 is 48.5 Å². The van der Waals surface area contributed by atoms with E-state index in [1.807, 2.05) is 30.3 Å². The van der Waals surface area contributed by atoms with Crippen LogP contribution in [0.15, 0.2) is 69.6 Å². The van der Waals surface area contributed by atoms with Crippen LogP contribution in [-0.2, 0) is 16.4 Å². The molecule has 1 aromatic heterocycles. The minimum Gasteiger partial charge on any atom is -0.455 e. The average molecular weight is 585 g/mol. The Balaban J connectivity index is 1.47. The molecule has 0 atom stereocenters. The van der Waals surface area contributed by atoms with Crippen molar-refractivity contribution in [3.63, 3.8) is 0 Å². The number of rotatable bonds is 9. The van der Waals surface area contributed by atoms with Gasteiger partial charge in [-0.15, -0.1) is 0 Å². The fourth-order valence-corrected chi connectivity index (χ4v) is 5.87. The lowest BCUT2D eigenvalue weighted by atomic mass is 10.0. The van der Waals surface area contributed by atoms with Crippen LogP contribution >= 0.6 is 15.9 Å². The number of sulfonamides is 1. The number of halogens is 2. The van der Waals surface area contributed by atoms with Gasteiger partial charge in [-0.05, 0) is 85.2 Å². The van der Waals surface area contributed by atoms with Crippen molar-refractivity contribution in [3.8, 4) is 11.3 Å². The molecule has 0 spiro atoms. The maximum atomic E-state index is 13.5. The molecule has 2 N–H and O–H groups in total. The van der Waals surface area contributed by atoms with Gasteiger partial charge in [0, 0.05) is 28.5 Å². The number of carbonyl (C=O) groups is 1. The van der Waals surface area contributed by atoms with E-state index in [0.29, 0.717) is 46.4 Å². The summed E-state index contributed by atoms with van der Waals surface area (Å²) in [4.78, 5) is 12.9. The normalized spacial score (nSPS) is 13.6. The molecule has 3 aromatic carbocycles. The van der Waals surface area contributed by atoms with Gasteiger partial charge in [0.2, 0.25) is 10.0 Å². The van der Waals surface area contributed by atoms with Crippen molar-refractivity contribution in [2.75, 3.05) is 17.5 Å². The molecule has 1 aliphatic rings. The van der Waals surface area contributed by atoms with Gasteiger partial charge in [0.15, 0.2) is 0 Å². The van der Waals surface area contributed by atoms with Crippen LogP contribution in [-0.4, -0.2) is 27.1 Å². The number of aryl methyl sites for hydroxylation is 1. The van der Waals surface area contributed by atoms with Crippen LogP contribution in [0.4, 0.5) is 10.1 Å². The highest BCUT2D eigenvalue weighted by Crippen LogP contribution is 2.46. The van der Waals surface area contributed by atoms with Crippen LogP contribution in [0.25, 0.3) is 22.3 Å². The van der Waals surface area contributed by atoms with E-state index in [2.05, 4.69) is 26.0 Å². The second-order valence-corrected chi connectivity index (χ2v) is 12.0. The first-order chi connectivity index (χ1) is 17.7. The number of amides is 1. The zero-order valence-electron chi connectivity index (χ0n) is 20.2. The van der Waals surface area contributed by atoms with Gasteiger partial charge >= 0.3 is 0 Å². The molecule has 1 fully saturated rings. The smallest absolute Gasteiger partial charge is 0.255 e. The second kappa shape index (κ2) is 10.3.